The molecule has 1 fully saturated rings. The maximum Gasteiger partial charge on any atom is 0.217 e. The Morgan fingerprint density at radius 2 is 1.34 bits per heavy atom. The zero-order chi connectivity index (χ0) is 28.0. The van der Waals surface area contributed by atoms with Crippen LogP contribution < -0.4 is 5.73 Å². The molecule has 5 aromatic rings. The zero-order valence-electron chi connectivity index (χ0n) is 22.4. The smallest absolute Gasteiger partial charge is 0.217 e. The number of hydrogen-bond acceptors (Lipinski definition) is 7. The van der Waals surface area contributed by atoms with Crippen LogP contribution in [0.2, 0.25) is 0 Å². The molecular weight excluding hydrogens is 523 g/mol. The molecule has 3 heterocycles. The summed E-state index contributed by atoms with van der Waals surface area (Å²) in [6.45, 7) is 1.38. The fraction of sp³-hybridized carbons (Fsp3) is 0.250. The number of nitrogens with zero attached hydrogens (tertiary/aromatic N) is 3. The number of nitrogens with two attached hydrogens (primary N) is 1. The fourth-order valence-electron chi connectivity index (χ4n) is 5.07. The van der Waals surface area contributed by atoms with Gasteiger partial charge in [0.1, 0.15) is 23.8 Å². The summed E-state index contributed by atoms with van der Waals surface area (Å²) >= 11 is 0. The number of aromatic nitrogens is 3. The maximum atomic E-state index is 14.3. The maximum absolute atomic E-state index is 14.3. The SMILES string of the molecule is Nc1nc(F)cc2c1ncn2[C@@H]1O[C@H](COCc2ccccc2)[C@@H](OCc2ccccc2)[C@@H]1OCc1ccccc1. The first kappa shape index (κ1) is 27.0. The van der Waals surface area contributed by atoms with Gasteiger partial charge in [-0.3, -0.25) is 0 Å². The van der Waals surface area contributed by atoms with E-state index in [1.165, 1.54) is 6.07 Å². The third-order valence-corrected chi connectivity index (χ3v) is 7.08. The molecule has 0 bridgehead atoms. The van der Waals surface area contributed by atoms with Crippen LogP contribution in [0.3, 0.4) is 0 Å². The van der Waals surface area contributed by atoms with Gasteiger partial charge < -0.3 is 29.2 Å². The van der Waals surface area contributed by atoms with Gasteiger partial charge in [0.15, 0.2) is 12.0 Å². The van der Waals surface area contributed by atoms with Crippen LogP contribution in [0.25, 0.3) is 11.0 Å². The Bertz CT molecular complexity index is 1550. The van der Waals surface area contributed by atoms with Crippen LogP contribution in [0.1, 0.15) is 22.9 Å². The lowest BCUT2D eigenvalue weighted by Gasteiger charge is -2.25. The molecule has 41 heavy (non-hydrogen) atoms. The van der Waals surface area contributed by atoms with Crippen molar-refractivity contribution < 1.29 is 23.3 Å². The minimum Gasteiger partial charge on any atom is -0.382 e. The molecule has 2 aromatic heterocycles. The van der Waals surface area contributed by atoms with Crippen molar-refractivity contribution in [3.63, 3.8) is 0 Å². The van der Waals surface area contributed by atoms with Gasteiger partial charge >= 0.3 is 0 Å². The van der Waals surface area contributed by atoms with Gasteiger partial charge in [-0.2, -0.15) is 4.39 Å². The lowest BCUT2D eigenvalue weighted by atomic mass is 10.1. The van der Waals surface area contributed by atoms with Crippen LogP contribution in [0, 0.1) is 5.95 Å². The highest BCUT2D eigenvalue weighted by molar-refractivity contribution is 5.84. The monoisotopic (exact) mass is 554 g/mol. The lowest BCUT2D eigenvalue weighted by molar-refractivity contribution is -0.0913. The van der Waals surface area contributed by atoms with Gasteiger partial charge in [0.25, 0.3) is 0 Å². The topological polar surface area (TPSA) is 93.7 Å². The number of hydrogen-bond donors (Lipinski definition) is 1. The van der Waals surface area contributed by atoms with Gasteiger partial charge in [0.05, 0.1) is 38.3 Å². The van der Waals surface area contributed by atoms with Crippen molar-refractivity contribution in [1.29, 1.82) is 0 Å². The van der Waals surface area contributed by atoms with Crippen molar-refractivity contribution in [1.82, 2.24) is 14.5 Å². The van der Waals surface area contributed by atoms with Crippen molar-refractivity contribution in [3.05, 3.63) is 126 Å². The molecule has 2 N–H and O–H groups in total. The van der Waals surface area contributed by atoms with Crippen LogP contribution in [-0.2, 0) is 38.8 Å². The summed E-state index contributed by atoms with van der Waals surface area (Å²) in [5.74, 6) is -0.686. The van der Waals surface area contributed by atoms with E-state index in [1.54, 1.807) is 10.9 Å². The molecule has 6 rings (SSSR count). The van der Waals surface area contributed by atoms with Gasteiger partial charge in [-0.25, -0.2) is 9.97 Å². The Kier molecular flexibility index (Phi) is 8.29. The number of pyridine rings is 1. The van der Waals surface area contributed by atoms with E-state index >= 15 is 0 Å². The number of imidazole rings is 1. The first-order chi connectivity index (χ1) is 20.2. The van der Waals surface area contributed by atoms with Crippen LogP contribution in [0.4, 0.5) is 10.2 Å². The van der Waals surface area contributed by atoms with Crippen molar-refractivity contribution in [3.8, 4) is 0 Å². The number of rotatable bonds is 11. The summed E-state index contributed by atoms with van der Waals surface area (Å²) in [4.78, 5) is 8.12. The van der Waals surface area contributed by atoms with Crippen molar-refractivity contribution >= 4 is 16.9 Å². The minimum atomic E-state index is -0.698. The largest absolute Gasteiger partial charge is 0.382 e. The predicted octanol–water partition coefficient (Wildman–Crippen LogP) is 5.44. The first-order valence-electron chi connectivity index (χ1n) is 13.5. The zero-order valence-corrected chi connectivity index (χ0v) is 22.4. The van der Waals surface area contributed by atoms with E-state index in [-0.39, 0.29) is 12.4 Å². The number of anilines is 1. The Labute approximate surface area is 237 Å². The van der Waals surface area contributed by atoms with Gasteiger partial charge in [-0.15, -0.1) is 0 Å². The molecule has 4 atom stereocenters. The van der Waals surface area contributed by atoms with Gasteiger partial charge in [-0.05, 0) is 16.7 Å². The Balaban J connectivity index is 1.31. The number of benzene rings is 3. The number of nitrogen functional groups attached to an aromatic ring is 1. The molecule has 0 saturated carbocycles. The van der Waals surface area contributed by atoms with Crippen molar-refractivity contribution in [2.24, 2.45) is 0 Å². The predicted molar refractivity (Wildman–Crippen MR) is 152 cm³/mol. The average Bonchev–Trinajstić information content (AvgIpc) is 3.57. The molecule has 0 aliphatic carbocycles. The number of halogens is 1. The molecule has 210 valence electrons. The van der Waals surface area contributed by atoms with Crippen LogP contribution >= 0.6 is 0 Å². The first-order valence-corrected chi connectivity index (χ1v) is 13.5. The molecule has 0 unspecified atom stereocenters. The summed E-state index contributed by atoms with van der Waals surface area (Å²) in [6, 6.07) is 31.1. The van der Waals surface area contributed by atoms with E-state index in [2.05, 4.69) is 9.97 Å². The standard InChI is InChI=1S/C32H31FN4O4/c33-27-16-25-28(31(34)36-27)35-21-37(25)32-30(40-19-24-14-8-3-9-15-24)29(39-18-23-12-6-2-7-13-23)26(41-32)20-38-17-22-10-4-1-5-11-22/h1-16,21,26,29-30,32H,17-20H2,(H2,34,36)/t26-,29-,30+,32-/m1/s1. The van der Waals surface area contributed by atoms with Crippen molar-refractivity contribution in [2.45, 2.75) is 44.4 Å². The van der Waals surface area contributed by atoms with E-state index in [0.717, 1.165) is 16.7 Å². The number of fused-ring (bicyclic) bond motifs is 1. The Morgan fingerprint density at radius 1 is 0.780 bits per heavy atom. The molecular formula is C32H31FN4O4. The quantitative estimate of drug-likeness (QED) is 0.217. The highest BCUT2D eigenvalue weighted by Crippen LogP contribution is 2.37. The summed E-state index contributed by atoms with van der Waals surface area (Å²) in [5.41, 5.74) is 9.92. The minimum absolute atomic E-state index is 0.0122. The van der Waals surface area contributed by atoms with Gasteiger partial charge in [0, 0.05) is 6.07 Å². The summed E-state index contributed by atoms with van der Waals surface area (Å²) in [7, 11) is 0. The third-order valence-electron chi connectivity index (χ3n) is 7.08. The van der Waals surface area contributed by atoms with E-state index in [0.29, 0.717) is 30.9 Å². The second kappa shape index (κ2) is 12.6. The van der Waals surface area contributed by atoms with E-state index < -0.39 is 30.5 Å². The van der Waals surface area contributed by atoms with Gasteiger partial charge in [0.2, 0.25) is 5.95 Å². The molecule has 9 heteroatoms. The summed E-state index contributed by atoms with van der Waals surface area (Å²) in [5, 5.41) is 0. The molecule has 8 nitrogen and oxygen atoms in total. The van der Waals surface area contributed by atoms with Crippen LogP contribution in [0.5, 0.6) is 0 Å². The highest BCUT2D eigenvalue weighted by Gasteiger charge is 2.48. The van der Waals surface area contributed by atoms with Crippen LogP contribution in [-0.4, -0.2) is 39.5 Å². The summed E-state index contributed by atoms with van der Waals surface area (Å²) in [6.07, 6.45) is -0.654. The highest BCUT2D eigenvalue weighted by atomic mass is 19.1. The fourth-order valence-corrected chi connectivity index (χ4v) is 5.07. The molecule has 0 radical (unpaired) electrons. The normalized spacial score (nSPS) is 20.5. The second-order valence-corrected chi connectivity index (χ2v) is 9.94. The second-order valence-electron chi connectivity index (χ2n) is 9.94. The van der Waals surface area contributed by atoms with E-state index in [9.17, 15) is 4.39 Å². The third kappa shape index (κ3) is 6.28. The molecule has 1 aliphatic rings. The van der Waals surface area contributed by atoms with Crippen molar-refractivity contribution in [2.75, 3.05) is 12.3 Å². The van der Waals surface area contributed by atoms with E-state index in [1.807, 2.05) is 91.0 Å². The van der Waals surface area contributed by atoms with E-state index in [4.69, 9.17) is 24.7 Å². The lowest BCUT2D eigenvalue weighted by Crippen LogP contribution is -2.38. The molecule has 0 amide bonds. The summed E-state index contributed by atoms with van der Waals surface area (Å²) < 4.78 is 41.9. The molecule has 1 aliphatic heterocycles. The molecule has 3 aromatic carbocycles. The Hall–Kier alpha value is -4.15. The Morgan fingerprint density at radius 3 is 1.95 bits per heavy atom. The molecule has 1 saturated heterocycles. The van der Waals surface area contributed by atoms with Gasteiger partial charge in [-0.1, -0.05) is 91.0 Å². The number of ether oxygens (including phenoxy) is 4. The molecule has 0 spiro atoms. The van der Waals surface area contributed by atoms with Crippen LogP contribution in [0.15, 0.2) is 103 Å². The average molecular weight is 555 g/mol.